The number of rotatable bonds is 1. The van der Waals surface area contributed by atoms with Gasteiger partial charge in [0.05, 0.1) is 10.9 Å². The van der Waals surface area contributed by atoms with Crippen LogP contribution >= 0.6 is 0 Å². The summed E-state index contributed by atoms with van der Waals surface area (Å²) in [6.45, 7) is 11.7. The molecule has 4 heteroatoms. The van der Waals surface area contributed by atoms with Crippen molar-refractivity contribution in [3.8, 4) is 0 Å². The normalized spacial score (nSPS) is 13.2. The Kier molecular flexibility index (Phi) is 3.28. The molecule has 128 valence electrons. The molecule has 0 fully saturated rings. The molecule has 0 amide bonds. The lowest BCUT2D eigenvalue weighted by molar-refractivity contribution is 0.570. The zero-order valence-corrected chi connectivity index (χ0v) is 16.4. The second-order valence-electron chi connectivity index (χ2n) is 8.32. The summed E-state index contributed by atoms with van der Waals surface area (Å²) in [6.07, 6.45) is 2.08. The van der Waals surface area contributed by atoms with Crippen LogP contribution in [0.3, 0.4) is 0 Å². The summed E-state index contributed by atoms with van der Waals surface area (Å²) in [5, 5.41) is 4.26. The molecule has 3 nitrogen and oxygen atoms in total. The summed E-state index contributed by atoms with van der Waals surface area (Å²) >= 11 is 0. The van der Waals surface area contributed by atoms with Gasteiger partial charge in [-0.3, -0.25) is 0 Å². The van der Waals surface area contributed by atoms with Crippen molar-refractivity contribution < 1.29 is 4.42 Å². The predicted octanol–water partition coefficient (Wildman–Crippen LogP) is 4.91. The molecule has 0 aliphatic heterocycles. The maximum Gasteiger partial charge on any atom is 0.346 e. The average molecular weight is 350 g/mol. The van der Waals surface area contributed by atoms with Crippen molar-refractivity contribution in [1.82, 2.24) is 4.40 Å². The molecule has 0 aliphatic carbocycles. The van der Waals surface area contributed by atoms with E-state index in [1.165, 1.54) is 5.32 Å². The van der Waals surface area contributed by atoms with Gasteiger partial charge in [-0.15, -0.1) is 0 Å². The Morgan fingerprint density at radius 3 is 2.36 bits per heavy atom. The molecule has 0 aliphatic rings. The molecule has 3 heterocycles. The number of nitrogens with zero attached hydrogens (tertiary/aromatic N) is 1. The smallest absolute Gasteiger partial charge is 0.346 e. The summed E-state index contributed by atoms with van der Waals surface area (Å²) < 4.78 is 7.87. The van der Waals surface area contributed by atoms with Crippen molar-refractivity contribution in [3.05, 3.63) is 59.1 Å². The quantitative estimate of drug-likeness (QED) is 0.361. The molecule has 4 aromatic rings. The van der Waals surface area contributed by atoms with Crippen molar-refractivity contribution in [2.75, 3.05) is 0 Å². The van der Waals surface area contributed by atoms with Crippen LogP contribution in [0.15, 0.2) is 57.9 Å². The summed E-state index contributed by atoms with van der Waals surface area (Å²) in [7, 11) is -1.92. The van der Waals surface area contributed by atoms with E-state index in [-0.39, 0.29) is 10.7 Å². The lowest BCUT2D eigenvalue weighted by atomic mass is 10.1. The van der Waals surface area contributed by atoms with Gasteiger partial charge in [0.25, 0.3) is 0 Å². The number of benzene rings is 1. The minimum Gasteiger partial charge on any atom is -0.422 e. The van der Waals surface area contributed by atoms with Gasteiger partial charge in [0.2, 0.25) is 0 Å². The third kappa shape index (κ3) is 2.13. The van der Waals surface area contributed by atoms with Crippen LogP contribution in [-0.2, 0) is 0 Å². The van der Waals surface area contributed by atoms with Gasteiger partial charge in [0.15, 0.2) is 0 Å². The van der Waals surface area contributed by atoms with Crippen LogP contribution in [0.1, 0.15) is 20.8 Å². The van der Waals surface area contributed by atoms with Gasteiger partial charge in [-0.25, -0.2) is 4.79 Å². The molecule has 1 aromatic carbocycles. The molecule has 0 radical (unpaired) electrons. The first-order chi connectivity index (χ1) is 11.7. The zero-order valence-electron chi connectivity index (χ0n) is 15.4. The van der Waals surface area contributed by atoms with Gasteiger partial charge in [-0.1, -0.05) is 58.1 Å². The number of pyridine rings is 1. The molecule has 0 bridgehead atoms. The van der Waals surface area contributed by atoms with E-state index in [0.29, 0.717) is 11.0 Å². The van der Waals surface area contributed by atoms with E-state index in [1.807, 2.05) is 36.4 Å². The van der Waals surface area contributed by atoms with Crippen molar-refractivity contribution in [2.45, 2.75) is 38.9 Å². The summed E-state index contributed by atoms with van der Waals surface area (Å²) in [4.78, 5) is 12.8. The Morgan fingerprint density at radius 1 is 0.960 bits per heavy atom. The average Bonchev–Trinajstić information content (AvgIpc) is 2.90. The largest absolute Gasteiger partial charge is 0.422 e. The van der Waals surface area contributed by atoms with Crippen LogP contribution in [0.4, 0.5) is 0 Å². The van der Waals surface area contributed by atoms with Crippen LogP contribution in [-0.4, -0.2) is 12.5 Å². The molecule has 4 rings (SSSR count). The monoisotopic (exact) mass is 349 g/mol. The molecule has 0 saturated heterocycles. The lowest BCUT2D eigenvalue weighted by Crippen LogP contribution is -2.51. The van der Waals surface area contributed by atoms with E-state index in [2.05, 4.69) is 50.5 Å². The van der Waals surface area contributed by atoms with Crippen molar-refractivity contribution >= 4 is 40.6 Å². The van der Waals surface area contributed by atoms with Crippen LogP contribution in [0.5, 0.6) is 0 Å². The Morgan fingerprint density at radius 2 is 1.64 bits per heavy atom. The van der Waals surface area contributed by atoms with E-state index in [0.717, 1.165) is 16.3 Å². The van der Waals surface area contributed by atoms with Gasteiger partial charge < -0.3 is 8.82 Å². The maximum atomic E-state index is 12.8. The Hall–Kier alpha value is -2.33. The molecule has 0 spiro atoms. The van der Waals surface area contributed by atoms with Crippen molar-refractivity contribution in [1.29, 1.82) is 0 Å². The predicted molar refractivity (Wildman–Crippen MR) is 108 cm³/mol. The second kappa shape index (κ2) is 5.08. The Balaban J connectivity index is 2.38. The summed E-state index contributed by atoms with van der Waals surface area (Å²) in [5.74, 6) is 0. The van der Waals surface area contributed by atoms with Gasteiger partial charge >= 0.3 is 5.63 Å². The highest BCUT2D eigenvalue weighted by molar-refractivity contribution is 6.93. The summed E-state index contributed by atoms with van der Waals surface area (Å²) in [5.41, 5.74) is 1.36. The standard InChI is InChI=1S/C21H23NO2Si/c1-21(2,3)25(4,5)19-17-14-10-6-7-12-16(14)24-20(23)18(17)15-11-8-9-13-22(15)19/h6-13H,1-5H3. The van der Waals surface area contributed by atoms with Crippen LogP contribution in [0, 0.1) is 0 Å². The number of para-hydroxylation sites is 1. The van der Waals surface area contributed by atoms with Crippen LogP contribution in [0.2, 0.25) is 18.1 Å². The van der Waals surface area contributed by atoms with Crippen LogP contribution < -0.4 is 10.9 Å². The lowest BCUT2D eigenvalue weighted by Gasteiger charge is -2.37. The number of hydrogen-bond donors (Lipinski definition) is 0. The molecular formula is C21H23NO2Si. The molecule has 0 unspecified atom stereocenters. The fraction of sp³-hybridized carbons (Fsp3) is 0.286. The van der Waals surface area contributed by atoms with Crippen molar-refractivity contribution in [2.24, 2.45) is 0 Å². The SMILES string of the molecule is CC(C)(C)[Si](C)(C)c1c2c3ccccc3oc(=O)c2c2ccccn12. The first kappa shape index (κ1) is 16.2. The van der Waals surface area contributed by atoms with E-state index >= 15 is 0 Å². The second-order valence-corrected chi connectivity index (χ2v) is 13.5. The minimum atomic E-state index is -1.92. The van der Waals surface area contributed by atoms with Crippen molar-refractivity contribution in [3.63, 3.8) is 0 Å². The highest BCUT2D eigenvalue weighted by atomic mass is 28.3. The number of fused-ring (bicyclic) bond motifs is 5. The topological polar surface area (TPSA) is 34.6 Å². The highest BCUT2D eigenvalue weighted by Crippen LogP contribution is 2.39. The number of aromatic nitrogens is 1. The zero-order chi connectivity index (χ0) is 18.0. The molecule has 0 atom stereocenters. The molecular weight excluding hydrogens is 326 g/mol. The Labute approximate surface area is 147 Å². The third-order valence-corrected chi connectivity index (χ3v) is 11.3. The fourth-order valence-corrected chi connectivity index (χ4v) is 5.95. The van der Waals surface area contributed by atoms with Gasteiger partial charge in [-0.05, 0) is 23.2 Å². The van der Waals surface area contributed by atoms with Gasteiger partial charge in [0.1, 0.15) is 13.7 Å². The molecule has 0 saturated carbocycles. The molecule has 3 aromatic heterocycles. The third-order valence-electron chi connectivity index (χ3n) is 5.87. The maximum absolute atomic E-state index is 12.8. The first-order valence-electron chi connectivity index (χ1n) is 8.68. The van der Waals surface area contributed by atoms with E-state index in [9.17, 15) is 4.79 Å². The van der Waals surface area contributed by atoms with Gasteiger partial charge in [0, 0.05) is 22.3 Å². The molecule has 25 heavy (non-hydrogen) atoms. The van der Waals surface area contributed by atoms with Crippen LogP contribution in [0.25, 0.3) is 27.3 Å². The first-order valence-corrected chi connectivity index (χ1v) is 11.7. The van der Waals surface area contributed by atoms with E-state index < -0.39 is 8.07 Å². The van der Waals surface area contributed by atoms with Gasteiger partial charge in [-0.2, -0.15) is 0 Å². The Bertz CT molecular complexity index is 1180. The fourth-order valence-electron chi connectivity index (χ4n) is 3.56. The van der Waals surface area contributed by atoms with E-state index in [4.69, 9.17) is 4.42 Å². The number of hydrogen-bond acceptors (Lipinski definition) is 2. The summed E-state index contributed by atoms with van der Waals surface area (Å²) in [6, 6.07) is 13.9. The minimum absolute atomic E-state index is 0.154. The molecule has 0 N–H and O–H groups in total. The highest BCUT2D eigenvalue weighted by Gasteiger charge is 2.41. The van der Waals surface area contributed by atoms with E-state index in [1.54, 1.807) is 0 Å².